The molecule has 1 atom stereocenters. The summed E-state index contributed by atoms with van der Waals surface area (Å²) in [5, 5.41) is 4.38. The Morgan fingerprint density at radius 3 is 2.29 bits per heavy atom. The van der Waals surface area contributed by atoms with E-state index in [2.05, 4.69) is 10.1 Å². The number of hydrogen-bond acceptors (Lipinski definition) is 5. The van der Waals surface area contributed by atoms with Crippen LogP contribution in [0.1, 0.15) is 48.1 Å². The normalized spacial score (nSPS) is 18.6. The number of halogens is 6. The van der Waals surface area contributed by atoms with Crippen LogP contribution in [0.2, 0.25) is 0 Å². The van der Waals surface area contributed by atoms with Crippen LogP contribution in [-0.4, -0.2) is 51.9 Å². The third kappa shape index (κ3) is 5.26. The molecule has 0 spiro atoms. The third-order valence-electron chi connectivity index (χ3n) is 7.63. The van der Waals surface area contributed by atoms with Crippen molar-refractivity contribution in [3.05, 3.63) is 65.0 Å². The number of carbonyl (C=O) groups excluding carboxylic acids is 1. The number of hydrogen-bond donors (Lipinski definition) is 0. The molecule has 2 aromatic heterocycles. The molecule has 0 bridgehead atoms. The fourth-order valence-corrected chi connectivity index (χ4v) is 5.75. The topological polar surface area (TPSA) is 66.7 Å². The molecule has 1 aromatic carbocycles. The van der Waals surface area contributed by atoms with Gasteiger partial charge in [0.2, 0.25) is 5.88 Å². The minimum atomic E-state index is -4.62. The first-order valence-corrected chi connectivity index (χ1v) is 12.9. The van der Waals surface area contributed by atoms with Crippen LogP contribution in [0.4, 0.5) is 42.6 Å². The number of fused-ring (bicyclic) bond motifs is 1. The van der Waals surface area contributed by atoms with E-state index in [1.807, 2.05) is 6.92 Å². The highest BCUT2D eigenvalue weighted by atomic mass is 19.4. The van der Waals surface area contributed by atoms with Crippen LogP contribution in [0.3, 0.4) is 0 Å². The number of urea groups is 1. The number of aromatic nitrogens is 3. The molecule has 4 heterocycles. The molecule has 0 N–H and O–H groups in total. The number of alkyl halides is 6. The van der Waals surface area contributed by atoms with Gasteiger partial charge >= 0.3 is 18.4 Å². The number of carbonyl (C=O) groups is 1. The van der Waals surface area contributed by atoms with Crippen LogP contribution in [-0.2, 0) is 25.9 Å². The highest BCUT2D eigenvalue weighted by Gasteiger charge is 2.44. The molecule has 2 aliphatic rings. The second-order valence-electron chi connectivity index (χ2n) is 10.1. The van der Waals surface area contributed by atoms with Gasteiger partial charge in [0, 0.05) is 44.1 Å². The number of anilines is 2. The van der Waals surface area contributed by atoms with Crippen molar-refractivity contribution in [2.75, 3.05) is 30.0 Å². The molecule has 220 valence electrons. The Hall–Kier alpha value is -3.97. The lowest BCUT2D eigenvalue weighted by atomic mass is 9.97. The molecule has 2 amide bonds. The van der Waals surface area contributed by atoms with Gasteiger partial charge in [0.25, 0.3) is 0 Å². The molecular formula is C27H28F6N6O2. The Bertz CT molecular complexity index is 1430. The summed E-state index contributed by atoms with van der Waals surface area (Å²) in [5.74, 6) is 0.140. The van der Waals surface area contributed by atoms with E-state index in [1.165, 1.54) is 34.9 Å². The van der Waals surface area contributed by atoms with E-state index in [0.29, 0.717) is 18.4 Å². The molecule has 1 saturated heterocycles. The van der Waals surface area contributed by atoms with Gasteiger partial charge in [-0.3, -0.25) is 9.58 Å². The molecular weight excluding hydrogens is 554 g/mol. The first-order chi connectivity index (χ1) is 19.3. The van der Waals surface area contributed by atoms with Crippen LogP contribution in [0.5, 0.6) is 5.88 Å². The van der Waals surface area contributed by atoms with Crippen LogP contribution in [0.25, 0.3) is 0 Å². The van der Waals surface area contributed by atoms with E-state index in [9.17, 15) is 31.1 Å². The largest absolute Gasteiger partial charge is 0.480 e. The van der Waals surface area contributed by atoms with Crippen LogP contribution in [0, 0.1) is 0 Å². The van der Waals surface area contributed by atoms with E-state index in [0.717, 1.165) is 18.3 Å². The quantitative estimate of drug-likeness (QED) is 0.344. The highest BCUT2D eigenvalue weighted by Crippen LogP contribution is 2.44. The van der Waals surface area contributed by atoms with E-state index >= 15 is 0 Å². The number of rotatable bonds is 5. The van der Waals surface area contributed by atoms with Gasteiger partial charge in [-0.25, -0.2) is 9.78 Å². The molecule has 14 heteroatoms. The van der Waals surface area contributed by atoms with Gasteiger partial charge in [-0.1, -0.05) is 18.2 Å². The molecule has 3 aromatic rings. The number of ether oxygens (including phenoxy) is 1. The Morgan fingerprint density at radius 2 is 1.66 bits per heavy atom. The lowest BCUT2D eigenvalue weighted by Crippen LogP contribution is -2.55. The number of aryl methyl sites for hydroxylation is 1. The molecule has 8 nitrogen and oxygen atoms in total. The second-order valence-corrected chi connectivity index (χ2v) is 10.1. The number of amides is 2. The lowest BCUT2D eigenvalue weighted by molar-refractivity contribution is -0.138. The SMILES string of the molecule is COc1nccc(C(F)(F)F)c1N1CCC(N2C(=O)N(Cc3ccccc3C(F)(F)F)c3nn(C)cc3[C@H]2C)CC1. The maximum absolute atomic E-state index is 13.9. The predicted molar refractivity (Wildman–Crippen MR) is 138 cm³/mol. The highest BCUT2D eigenvalue weighted by molar-refractivity contribution is 5.94. The summed E-state index contributed by atoms with van der Waals surface area (Å²) in [7, 11) is 2.92. The van der Waals surface area contributed by atoms with Gasteiger partial charge in [0.1, 0.15) is 5.69 Å². The Balaban J connectivity index is 1.43. The summed E-state index contributed by atoms with van der Waals surface area (Å²) in [6.07, 6.45) is -5.80. The van der Waals surface area contributed by atoms with Crippen molar-refractivity contribution in [2.24, 2.45) is 7.05 Å². The van der Waals surface area contributed by atoms with Crippen LogP contribution < -0.4 is 14.5 Å². The van der Waals surface area contributed by atoms with Crippen LogP contribution >= 0.6 is 0 Å². The number of nitrogens with zero attached hydrogens (tertiary/aromatic N) is 6. The maximum atomic E-state index is 13.9. The summed E-state index contributed by atoms with van der Waals surface area (Å²) in [6.45, 7) is 1.84. The number of pyridine rings is 1. The molecule has 5 rings (SSSR count). The summed E-state index contributed by atoms with van der Waals surface area (Å²) in [4.78, 5) is 22.3. The Labute approximate surface area is 232 Å². The summed E-state index contributed by atoms with van der Waals surface area (Å²) in [6, 6.07) is 4.65. The van der Waals surface area contributed by atoms with Gasteiger partial charge in [0.05, 0.1) is 30.8 Å². The zero-order valence-corrected chi connectivity index (χ0v) is 22.5. The van der Waals surface area contributed by atoms with Crippen molar-refractivity contribution in [1.82, 2.24) is 19.7 Å². The van der Waals surface area contributed by atoms with E-state index in [-0.39, 0.29) is 48.6 Å². The minimum absolute atomic E-state index is 0.0716. The van der Waals surface area contributed by atoms with Gasteiger partial charge in [0.15, 0.2) is 5.82 Å². The number of methoxy groups -OCH3 is 1. The van der Waals surface area contributed by atoms with Crippen LogP contribution in [0.15, 0.2) is 42.7 Å². The molecule has 41 heavy (non-hydrogen) atoms. The van der Waals surface area contributed by atoms with Gasteiger partial charge < -0.3 is 14.5 Å². The molecule has 1 fully saturated rings. The van der Waals surface area contributed by atoms with Gasteiger partial charge in [-0.05, 0) is 37.5 Å². The fourth-order valence-electron chi connectivity index (χ4n) is 5.75. The summed E-state index contributed by atoms with van der Waals surface area (Å²) >= 11 is 0. The molecule has 0 saturated carbocycles. The van der Waals surface area contributed by atoms with Crippen molar-refractivity contribution in [2.45, 2.75) is 50.7 Å². The van der Waals surface area contributed by atoms with E-state index in [1.54, 1.807) is 23.0 Å². The molecule has 0 aliphatic carbocycles. The summed E-state index contributed by atoms with van der Waals surface area (Å²) in [5.41, 5.74) is -1.25. The first-order valence-electron chi connectivity index (χ1n) is 12.9. The van der Waals surface area contributed by atoms with Crippen molar-refractivity contribution < 1.29 is 35.9 Å². The monoisotopic (exact) mass is 582 g/mol. The number of benzene rings is 1. The first kappa shape index (κ1) is 28.6. The molecule has 2 aliphatic heterocycles. The lowest BCUT2D eigenvalue weighted by Gasteiger charge is -2.46. The standard InChI is InChI=1S/C27H28F6N6O2/c1-16-19-15-36(2)35-23(19)38(14-17-6-4-5-7-20(17)26(28,29)30)25(40)39(16)18-9-12-37(13-10-18)22-21(27(31,32)33)8-11-34-24(22)41-3/h4-8,11,15-16,18H,9-10,12-14H2,1-3H3/t16-/m1/s1. The summed E-state index contributed by atoms with van der Waals surface area (Å²) < 4.78 is 89.3. The smallest absolute Gasteiger partial charge is 0.418 e. The Morgan fingerprint density at radius 1 is 1.00 bits per heavy atom. The number of piperidine rings is 1. The zero-order chi connectivity index (χ0) is 29.7. The van der Waals surface area contributed by atoms with Crippen molar-refractivity contribution in [3.8, 4) is 5.88 Å². The van der Waals surface area contributed by atoms with Crippen molar-refractivity contribution in [3.63, 3.8) is 0 Å². The zero-order valence-electron chi connectivity index (χ0n) is 22.5. The second kappa shape index (κ2) is 10.5. The fraction of sp³-hybridized carbons (Fsp3) is 0.444. The molecule has 0 radical (unpaired) electrons. The Kier molecular flexibility index (Phi) is 7.28. The van der Waals surface area contributed by atoms with E-state index in [4.69, 9.17) is 4.74 Å². The van der Waals surface area contributed by atoms with Gasteiger partial charge in [-0.2, -0.15) is 31.4 Å². The average molecular weight is 583 g/mol. The van der Waals surface area contributed by atoms with Crippen molar-refractivity contribution in [1.29, 1.82) is 0 Å². The maximum Gasteiger partial charge on any atom is 0.418 e. The van der Waals surface area contributed by atoms with Gasteiger partial charge in [-0.15, -0.1) is 0 Å². The molecule has 0 unspecified atom stereocenters. The van der Waals surface area contributed by atoms with Crippen molar-refractivity contribution >= 4 is 17.5 Å². The van der Waals surface area contributed by atoms with E-state index < -0.39 is 35.6 Å². The average Bonchev–Trinajstić information content (AvgIpc) is 3.32. The predicted octanol–water partition coefficient (Wildman–Crippen LogP) is 6.03. The third-order valence-corrected chi connectivity index (χ3v) is 7.63. The minimum Gasteiger partial charge on any atom is -0.480 e.